The Bertz CT molecular complexity index is 818. The van der Waals surface area contributed by atoms with Gasteiger partial charge in [-0.2, -0.15) is 0 Å². The number of hydrogen-bond acceptors (Lipinski definition) is 3. The summed E-state index contributed by atoms with van der Waals surface area (Å²) in [6, 6.07) is 13.7. The number of nitrogens with one attached hydrogen (secondary N) is 2. The summed E-state index contributed by atoms with van der Waals surface area (Å²) < 4.78 is 0. The topological polar surface area (TPSA) is 74.3 Å². The van der Waals surface area contributed by atoms with Crippen LogP contribution < -0.4 is 15.5 Å². The quantitative estimate of drug-likeness (QED) is 0.869. The van der Waals surface area contributed by atoms with Crippen LogP contribution in [0.1, 0.15) is 43.6 Å². The minimum atomic E-state index is -0.235. The Balaban J connectivity index is 1.42. The molecule has 1 saturated carbocycles. The summed E-state index contributed by atoms with van der Waals surface area (Å²) in [6.45, 7) is 0.639. The van der Waals surface area contributed by atoms with E-state index in [0.717, 1.165) is 18.5 Å². The molecule has 1 saturated heterocycles. The van der Waals surface area contributed by atoms with Crippen LogP contribution in [0.5, 0.6) is 0 Å². The van der Waals surface area contributed by atoms with Crippen molar-refractivity contribution < 1.29 is 9.59 Å². The highest BCUT2D eigenvalue weighted by Gasteiger charge is 2.31. The van der Waals surface area contributed by atoms with Crippen LogP contribution in [0.4, 0.5) is 16.3 Å². The predicted molar refractivity (Wildman–Crippen MR) is 105 cm³/mol. The molecule has 6 nitrogen and oxygen atoms in total. The van der Waals surface area contributed by atoms with Gasteiger partial charge in [0.1, 0.15) is 5.82 Å². The molecule has 1 atom stereocenters. The normalized spacial score (nSPS) is 20.1. The van der Waals surface area contributed by atoms with Gasteiger partial charge < -0.3 is 10.2 Å². The minimum absolute atomic E-state index is 0.0939. The summed E-state index contributed by atoms with van der Waals surface area (Å²) in [5, 5.41) is 5.77. The monoisotopic (exact) mass is 364 g/mol. The molecule has 2 aliphatic rings. The van der Waals surface area contributed by atoms with Crippen molar-refractivity contribution in [3.8, 4) is 0 Å². The molecule has 1 unspecified atom stereocenters. The fourth-order valence-corrected chi connectivity index (χ4v) is 3.97. The van der Waals surface area contributed by atoms with Crippen LogP contribution in [0, 0.1) is 0 Å². The Labute approximate surface area is 159 Å². The van der Waals surface area contributed by atoms with E-state index in [1.807, 2.05) is 24.3 Å². The average Bonchev–Trinajstić information content (AvgIpc) is 3.32. The Hall–Kier alpha value is -2.89. The van der Waals surface area contributed by atoms with E-state index in [2.05, 4.69) is 27.8 Å². The number of benzene rings is 1. The molecule has 140 valence electrons. The van der Waals surface area contributed by atoms with E-state index in [9.17, 15) is 9.59 Å². The van der Waals surface area contributed by atoms with Crippen molar-refractivity contribution in [1.82, 2.24) is 10.3 Å². The minimum Gasteiger partial charge on any atom is -0.335 e. The molecule has 2 aromatic rings. The molecular formula is C21H24N4O2. The fourth-order valence-electron chi connectivity index (χ4n) is 3.97. The second-order valence-electron chi connectivity index (χ2n) is 7.30. The molecule has 0 radical (unpaired) electrons. The molecule has 1 aromatic carbocycles. The van der Waals surface area contributed by atoms with E-state index < -0.39 is 0 Å². The highest BCUT2D eigenvalue weighted by Crippen LogP contribution is 2.32. The molecule has 1 aliphatic heterocycles. The first-order valence-corrected chi connectivity index (χ1v) is 9.58. The highest BCUT2D eigenvalue weighted by molar-refractivity contribution is 5.97. The van der Waals surface area contributed by atoms with Crippen LogP contribution in [0.25, 0.3) is 0 Å². The Kier molecular flexibility index (Phi) is 5.05. The Morgan fingerprint density at radius 2 is 1.89 bits per heavy atom. The third-order valence-electron chi connectivity index (χ3n) is 5.38. The third-order valence-corrected chi connectivity index (χ3v) is 5.38. The molecule has 2 N–H and O–H groups in total. The van der Waals surface area contributed by atoms with E-state index >= 15 is 0 Å². The van der Waals surface area contributed by atoms with Crippen LogP contribution >= 0.6 is 0 Å². The maximum atomic E-state index is 12.5. The van der Waals surface area contributed by atoms with E-state index in [1.165, 1.54) is 18.4 Å². The van der Waals surface area contributed by atoms with Gasteiger partial charge in [0.25, 0.3) is 0 Å². The molecule has 3 amide bonds. The van der Waals surface area contributed by atoms with Crippen molar-refractivity contribution in [2.24, 2.45) is 0 Å². The summed E-state index contributed by atoms with van der Waals surface area (Å²) >= 11 is 0. The van der Waals surface area contributed by atoms with Gasteiger partial charge in [-0.1, -0.05) is 43.2 Å². The number of hydrogen-bond donors (Lipinski definition) is 2. The van der Waals surface area contributed by atoms with Crippen LogP contribution in [-0.4, -0.2) is 29.5 Å². The summed E-state index contributed by atoms with van der Waals surface area (Å²) in [6.07, 6.45) is 6.52. The Morgan fingerprint density at radius 3 is 2.67 bits per heavy atom. The molecule has 2 fully saturated rings. The van der Waals surface area contributed by atoms with E-state index in [4.69, 9.17) is 0 Å². The SMILES string of the molecule is O=C(Nc1cc(N2CC(c3ccccc3)CC2=O)ccn1)NC1CCCC1. The number of nitrogens with zero attached hydrogens (tertiary/aromatic N) is 2. The van der Waals surface area contributed by atoms with Crippen molar-refractivity contribution in [2.75, 3.05) is 16.8 Å². The van der Waals surface area contributed by atoms with Crippen molar-refractivity contribution in [1.29, 1.82) is 0 Å². The largest absolute Gasteiger partial charge is 0.335 e. The first-order chi connectivity index (χ1) is 13.2. The molecule has 1 aliphatic carbocycles. The molecule has 1 aromatic heterocycles. The maximum Gasteiger partial charge on any atom is 0.320 e. The number of aromatic nitrogens is 1. The summed E-state index contributed by atoms with van der Waals surface area (Å²) in [4.78, 5) is 30.7. The van der Waals surface area contributed by atoms with Crippen molar-refractivity contribution in [3.63, 3.8) is 0 Å². The van der Waals surface area contributed by atoms with Gasteiger partial charge in [0.05, 0.1) is 0 Å². The van der Waals surface area contributed by atoms with Gasteiger partial charge in [-0.25, -0.2) is 9.78 Å². The fraction of sp³-hybridized carbons (Fsp3) is 0.381. The first kappa shape index (κ1) is 17.5. The zero-order chi connectivity index (χ0) is 18.6. The molecular weight excluding hydrogens is 340 g/mol. The zero-order valence-electron chi connectivity index (χ0n) is 15.2. The molecule has 2 heterocycles. The summed E-state index contributed by atoms with van der Waals surface area (Å²) in [7, 11) is 0. The standard InChI is InChI=1S/C21H24N4O2/c26-20-12-16(15-6-2-1-3-7-15)14-25(20)18-10-11-22-19(13-18)24-21(27)23-17-8-4-5-9-17/h1-3,6-7,10-11,13,16-17H,4-5,8-9,12,14H2,(H2,22,23,24,27). The lowest BCUT2D eigenvalue weighted by atomic mass is 9.99. The van der Waals surface area contributed by atoms with Crippen LogP contribution in [0.15, 0.2) is 48.7 Å². The Morgan fingerprint density at radius 1 is 1.11 bits per heavy atom. The second-order valence-corrected chi connectivity index (χ2v) is 7.30. The second kappa shape index (κ2) is 7.78. The number of urea groups is 1. The number of pyridine rings is 1. The van der Waals surface area contributed by atoms with Gasteiger partial charge in [-0.15, -0.1) is 0 Å². The molecule has 27 heavy (non-hydrogen) atoms. The third kappa shape index (κ3) is 4.10. The van der Waals surface area contributed by atoms with Crippen molar-refractivity contribution in [3.05, 3.63) is 54.2 Å². The van der Waals surface area contributed by atoms with Gasteiger partial charge in [0.15, 0.2) is 0 Å². The highest BCUT2D eigenvalue weighted by atomic mass is 16.2. The first-order valence-electron chi connectivity index (χ1n) is 9.58. The number of carbonyl (C=O) groups excluding carboxylic acids is 2. The summed E-state index contributed by atoms with van der Waals surface area (Å²) in [5.74, 6) is 0.740. The lowest BCUT2D eigenvalue weighted by molar-refractivity contribution is -0.117. The molecule has 4 rings (SSSR count). The number of carbonyl (C=O) groups is 2. The molecule has 0 bridgehead atoms. The number of rotatable bonds is 4. The van der Waals surface area contributed by atoms with Crippen LogP contribution in [0.2, 0.25) is 0 Å². The summed E-state index contributed by atoms with van der Waals surface area (Å²) in [5.41, 5.74) is 1.95. The lowest BCUT2D eigenvalue weighted by Gasteiger charge is -2.18. The zero-order valence-corrected chi connectivity index (χ0v) is 15.2. The molecule has 6 heteroatoms. The van der Waals surface area contributed by atoms with Crippen LogP contribution in [0.3, 0.4) is 0 Å². The van der Waals surface area contributed by atoms with Gasteiger partial charge in [-0.05, 0) is 24.5 Å². The van der Waals surface area contributed by atoms with Crippen LogP contribution in [-0.2, 0) is 4.79 Å². The van der Waals surface area contributed by atoms with Crippen molar-refractivity contribution >= 4 is 23.4 Å². The van der Waals surface area contributed by atoms with E-state index in [1.54, 1.807) is 17.2 Å². The lowest BCUT2D eigenvalue weighted by Crippen LogP contribution is -2.36. The predicted octanol–water partition coefficient (Wildman–Crippen LogP) is 3.67. The van der Waals surface area contributed by atoms with E-state index in [-0.39, 0.29) is 23.9 Å². The average molecular weight is 364 g/mol. The maximum absolute atomic E-state index is 12.5. The van der Waals surface area contributed by atoms with Gasteiger partial charge in [0, 0.05) is 42.9 Å². The number of amides is 3. The molecule has 0 spiro atoms. The van der Waals surface area contributed by atoms with E-state index in [0.29, 0.717) is 18.8 Å². The van der Waals surface area contributed by atoms with Gasteiger partial charge >= 0.3 is 6.03 Å². The van der Waals surface area contributed by atoms with Crippen molar-refractivity contribution in [2.45, 2.75) is 44.1 Å². The van der Waals surface area contributed by atoms with Gasteiger partial charge in [-0.3, -0.25) is 10.1 Å². The number of anilines is 2. The van der Waals surface area contributed by atoms with Gasteiger partial charge in [0.2, 0.25) is 5.91 Å². The smallest absolute Gasteiger partial charge is 0.320 e.